The van der Waals surface area contributed by atoms with Gasteiger partial charge in [0.15, 0.2) is 23.9 Å². The third kappa shape index (κ3) is 4.19. The molecule has 0 fully saturated rings. The summed E-state index contributed by atoms with van der Waals surface area (Å²) in [6.45, 7) is 4.15. The Balaban J connectivity index is 2.09. The molecule has 0 aliphatic rings. The topological polar surface area (TPSA) is 83.4 Å². The molecule has 1 unspecified atom stereocenters. The predicted octanol–water partition coefficient (Wildman–Crippen LogP) is 2.11. The zero-order valence-corrected chi connectivity index (χ0v) is 12.6. The van der Waals surface area contributed by atoms with E-state index in [0.717, 1.165) is 18.4 Å². The number of benzene rings is 1. The van der Waals surface area contributed by atoms with Crippen LogP contribution in [0.3, 0.4) is 0 Å². The highest BCUT2D eigenvalue weighted by molar-refractivity contribution is 5.43. The summed E-state index contributed by atoms with van der Waals surface area (Å²) >= 11 is 0. The molecular formula is C15H21N3O3. The molecule has 1 aromatic carbocycles. The quantitative estimate of drug-likeness (QED) is 0.841. The van der Waals surface area contributed by atoms with Gasteiger partial charge < -0.3 is 19.7 Å². The molecule has 0 spiro atoms. The molecule has 6 heteroatoms. The summed E-state index contributed by atoms with van der Waals surface area (Å²) in [4.78, 5) is 4.21. The summed E-state index contributed by atoms with van der Waals surface area (Å²) in [5.41, 5.74) is 6.92. The number of nitrogens with zero attached hydrogens (tertiary/aromatic N) is 2. The first-order chi connectivity index (χ1) is 10.1. The van der Waals surface area contributed by atoms with E-state index in [2.05, 4.69) is 10.1 Å². The molecule has 0 aliphatic heterocycles. The van der Waals surface area contributed by atoms with Gasteiger partial charge in [-0.2, -0.15) is 4.98 Å². The second-order valence-corrected chi connectivity index (χ2v) is 4.91. The molecule has 2 N–H and O–H groups in total. The highest BCUT2D eigenvalue weighted by Gasteiger charge is 2.10. The van der Waals surface area contributed by atoms with E-state index < -0.39 is 0 Å². The summed E-state index contributed by atoms with van der Waals surface area (Å²) in [7, 11) is 1.61. The van der Waals surface area contributed by atoms with Gasteiger partial charge in [0.25, 0.3) is 5.89 Å². The number of nitrogens with two attached hydrogens (primary N) is 1. The molecular weight excluding hydrogens is 270 g/mol. The van der Waals surface area contributed by atoms with E-state index in [1.54, 1.807) is 7.11 Å². The molecule has 1 aromatic heterocycles. The van der Waals surface area contributed by atoms with Crippen molar-refractivity contribution in [2.45, 2.75) is 39.3 Å². The van der Waals surface area contributed by atoms with E-state index in [4.69, 9.17) is 19.7 Å². The fourth-order valence-corrected chi connectivity index (χ4v) is 1.96. The van der Waals surface area contributed by atoms with Gasteiger partial charge in [-0.05, 0) is 31.0 Å². The Hall–Kier alpha value is -2.08. The average molecular weight is 291 g/mol. The van der Waals surface area contributed by atoms with Gasteiger partial charge in [-0.15, -0.1) is 0 Å². The zero-order valence-electron chi connectivity index (χ0n) is 12.6. The second kappa shape index (κ2) is 7.08. The van der Waals surface area contributed by atoms with Gasteiger partial charge in [-0.25, -0.2) is 0 Å². The van der Waals surface area contributed by atoms with Crippen LogP contribution in [-0.2, 0) is 19.4 Å². The zero-order chi connectivity index (χ0) is 15.2. The van der Waals surface area contributed by atoms with Gasteiger partial charge >= 0.3 is 0 Å². The van der Waals surface area contributed by atoms with Crippen molar-refractivity contribution >= 4 is 0 Å². The second-order valence-electron chi connectivity index (χ2n) is 4.91. The van der Waals surface area contributed by atoms with Crippen LogP contribution in [0, 0.1) is 0 Å². The number of aromatic nitrogens is 2. The Morgan fingerprint density at radius 1 is 1.33 bits per heavy atom. The van der Waals surface area contributed by atoms with Crippen LogP contribution in [0.2, 0.25) is 0 Å². The average Bonchev–Trinajstić information content (AvgIpc) is 2.92. The van der Waals surface area contributed by atoms with E-state index in [1.807, 2.05) is 32.0 Å². The van der Waals surface area contributed by atoms with Crippen molar-refractivity contribution in [2.24, 2.45) is 5.73 Å². The maximum absolute atomic E-state index is 5.82. The van der Waals surface area contributed by atoms with E-state index in [9.17, 15) is 0 Å². The minimum Gasteiger partial charge on any atom is -0.493 e. The van der Waals surface area contributed by atoms with Crippen molar-refractivity contribution < 1.29 is 14.0 Å². The molecule has 0 amide bonds. The van der Waals surface area contributed by atoms with Crippen molar-refractivity contribution in [2.75, 3.05) is 7.11 Å². The summed E-state index contributed by atoms with van der Waals surface area (Å²) in [5.74, 6) is 2.43. The Bertz CT molecular complexity index is 581. The first kappa shape index (κ1) is 15.3. The standard InChI is InChI=1S/C15H21N3O3/c1-4-14-17-15(21-18-14)9-20-13-8-11(7-10(2)16)5-6-12(13)19-3/h5-6,8,10H,4,7,9,16H2,1-3H3. The van der Waals surface area contributed by atoms with Crippen molar-refractivity contribution in [1.82, 2.24) is 10.1 Å². The van der Waals surface area contributed by atoms with Crippen LogP contribution in [0.5, 0.6) is 11.5 Å². The monoisotopic (exact) mass is 291 g/mol. The van der Waals surface area contributed by atoms with Gasteiger partial charge in [0, 0.05) is 12.5 Å². The number of hydrogen-bond acceptors (Lipinski definition) is 6. The summed E-state index contributed by atoms with van der Waals surface area (Å²) in [6, 6.07) is 5.88. The van der Waals surface area contributed by atoms with Gasteiger partial charge in [-0.1, -0.05) is 18.1 Å². The Labute approximate surface area is 124 Å². The molecule has 2 rings (SSSR count). The summed E-state index contributed by atoms with van der Waals surface area (Å²) in [6.07, 6.45) is 1.51. The Kier molecular flexibility index (Phi) is 5.16. The van der Waals surface area contributed by atoms with Crippen LogP contribution >= 0.6 is 0 Å². The van der Waals surface area contributed by atoms with E-state index in [0.29, 0.717) is 23.2 Å². The van der Waals surface area contributed by atoms with Gasteiger partial charge in [-0.3, -0.25) is 0 Å². The van der Waals surface area contributed by atoms with Crippen molar-refractivity contribution in [3.8, 4) is 11.5 Å². The lowest BCUT2D eigenvalue weighted by Gasteiger charge is -2.12. The van der Waals surface area contributed by atoms with Gasteiger partial charge in [0.1, 0.15) is 0 Å². The molecule has 0 radical (unpaired) electrons. The molecule has 21 heavy (non-hydrogen) atoms. The summed E-state index contributed by atoms with van der Waals surface area (Å²) in [5, 5.41) is 3.83. The SMILES string of the molecule is CCc1noc(COc2cc(CC(C)N)ccc2OC)n1. The fraction of sp³-hybridized carbons (Fsp3) is 0.467. The lowest BCUT2D eigenvalue weighted by Crippen LogP contribution is -2.17. The normalized spacial score (nSPS) is 12.2. The number of aryl methyl sites for hydroxylation is 1. The van der Waals surface area contributed by atoms with Crippen molar-refractivity contribution in [3.05, 3.63) is 35.5 Å². The third-order valence-electron chi connectivity index (χ3n) is 2.96. The highest BCUT2D eigenvalue weighted by atomic mass is 16.5. The van der Waals surface area contributed by atoms with E-state index in [-0.39, 0.29) is 12.6 Å². The highest BCUT2D eigenvalue weighted by Crippen LogP contribution is 2.29. The molecule has 0 aliphatic carbocycles. The van der Waals surface area contributed by atoms with Crippen molar-refractivity contribution in [1.29, 1.82) is 0 Å². The smallest absolute Gasteiger partial charge is 0.264 e. The maximum Gasteiger partial charge on any atom is 0.264 e. The molecule has 114 valence electrons. The lowest BCUT2D eigenvalue weighted by molar-refractivity contribution is 0.233. The van der Waals surface area contributed by atoms with Crippen LogP contribution in [0.1, 0.15) is 31.1 Å². The minimum atomic E-state index is 0.0919. The molecule has 0 saturated heterocycles. The maximum atomic E-state index is 5.82. The number of ether oxygens (including phenoxy) is 2. The molecule has 1 heterocycles. The van der Waals surface area contributed by atoms with Crippen LogP contribution in [0.15, 0.2) is 22.7 Å². The number of methoxy groups -OCH3 is 1. The van der Waals surface area contributed by atoms with E-state index in [1.165, 1.54) is 0 Å². The molecule has 0 saturated carbocycles. The van der Waals surface area contributed by atoms with E-state index >= 15 is 0 Å². The minimum absolute atomic E-state index is 0.0919. The van der Waals surface area contributed by atoms with Crippen molar-refractivity contribution in [3.63, 3.8) is 0 Å². The predicted molar refractivity (Wildman–Crippen MR) is 78.4 cm³/mol. The Morgan fingerprint density at radius 2 is 2.14 bits per heavy atom. The molecule has 1 atom stereocenters. The van der Waals surface area contributed by atoms with Gasteiger partial charge in [0.2, 0.25) is 0 Å². The first-order valence-corrected chi connectivity index (χ1v) is 6.99. The molecule has 6 nitrogen and oxygen atoms in total. The molecule has 2 aromatic rings. The summed E-state index contributed by atoms with van der Waals surface area (Å²) < 4.78 is 16.1. The Morgan fingerprint density at radius 3 is 2.76 bits per heavy atom. The number of hydrogen-bond donors (Lipinski definition) is 1. The lowest BCUT2D eigenvalue weighted by atomic mass is 10.1. The first-order valence-electron chi connectivity index (χ1n) is 6.99. The van der Waals surface area contributed by atoms with Crippen LogP contribution in [-0.4, -0.2) is 23.3 Å². The van der Waals surface area contributed by atoms with Crippen LogP contribution in [0.25, 0.3) is 0 Å². The molecule has 0 bridgehead atoms. The largest absolute Gasteiger partial charge is 0.493 e. The van der Waals surface area contributed by atoms with Gasteiger partial charge in [0.05, 0.1) is 7.11 Å². The third-order valence-corrected chi connectivity index (χ3v) is 2.96. The van der Waals surface area contributed by atoms with Crippen LogP contribution in [0.4, 0.5) is 0 Å². The fourth-order valence-electron chi connectivity index (χ4n) is 1.96. The number of rotatable bonds is 7. The van der Waals surface area contributed by atoms with Crippen LogP contribution < -0.4 is 15.2 Å².